The first-order chi connectivity index (χ1) is 11.6. The normalized spacial score (nSPS) is 11.1. The van der Waals surface area contributed by atoms with Gasteiger partial charge in [0.1, 0.15) is 17.2 Å². The Morgan fingerprint density at radius 1 is 1.04 bits per heavy atom. The molecule has 0 saturated heterocycles. The fourth-order valence-corrected chi connectivity index (χ4v) is 3.43. The lowest BCUT2D eigenvalue weighted by Crippen LogP contribution is -1.94. The minimum Gasteiger partial charge on any atom is -0.316 e. The molecule has 0 aliphatic heterocycles. The standard InChI is InChI=1S/C18H17N5S/c1-11-4-6-19-15(8-11)22-18-21-14(10-24-18)17-13(3)20-16-9-12(2)5-7-23(16)17/h4-10H,1-3H3,(H,19,21,22). The topological polar surface area (TPSA) is 55.1 Å². The molecule has 0 amide bonds. The zero-order valence-electron chi connectivity index (χ0n) is 13.7. The molecule has 4 heterocycles. The van der Waals surface area contributed by atoms with Gasteiger partial charge in [-0.05, 0) is 56.2 Å². The van der Waals surface area contributed by atoms with E-state index >= 15 is 0 Å². The fraction of sp³-hybridized carbons (Fsp3) is 0.167. The summed E-state index contributed by atoms with van der Waals surface area (Å²) in [7, 11) is 0. The number of nitrogens with one attached hydrogen (secondary N) is 1. The van der Waals surface area contributed by atoms with Crippen LogP contribution in [0.5, 0.6) is 0 Å². The Morgan fingerprint density at radius 3 is 2.71 bits per heavy atom. The van der Waals surface area contributed by atoms with Gasteiger partial charge in [0.15, 0.2) is 5.13 Å². The van der Waals surface area contributed by atoms with Gasteiger partial charge in [-0.2, -0.15) is 0 Å². The van der Waals surface area contributed by atoms with Crippen molar-refractivity contribution in [2.75, 3.05) is 5.32 Å². The number of hydrogen-bond donors (Lipinski definition) is 1. The summed E-state index contributed by atoms with van der Waals surface area (Å²) in [6.45, 7) is 6.14. The summed E-state index contributed by atoms with van der Waals surface area (Å²) in [4.78, 5) is 13.7. The molecular weight excluding hydrogens is 318 g/mol. The van der Waals surface area contributed by atoms with Gasteiger partial charge in [0.2, 0.25) is 0 Å². The summed E-state index contributed by atoms with van der Waals surface area (Å²) < 4.78 is 2.09. The molecule has 0 aliphatic rings. The van der Waals surface area contributed by atoms with E-state index in [0.29, 0.717) is 0 Å². The van der Waals surface area contributed by atoms with Crippen LogP contribution in [-0.4, -0.2) is 19.4 Å². The third-order valence-electron chi connectivity index (χ3n) is 3.85. The van der Waals surface area contributed by atoms with E-state index in [-0.39, 0.29) is 0 Å². The van der Waals surface area contributed by atoms with Crippen LogP contribution < -0.4 is 5.32 Å². The maximum atomic E-state index is 4.72. The lowest BCUT2D eigenvalue weighted by atomic mass is 10.2. The number of aromatic nitrogens is 4. The molecule has 1 N–H and O–H groups in total. The van der Waals surface area contributed by atoms with Crippen LogP contribution >= 0.6 is 11.3 Å². The summed E-state index contributed by atoms with van der Waals surface area (Å²) in [5.74, 6) is 0.807. The molecule has 0 fully saturated rings. The van der Waals surface area contributed by atoms with Crippen LogP contribution in [0.1, 0.15) is 16.8 Å². The van der Waals surface area contributed by atoms with Gasteiger partial charge in [-0.25, -0.2) is 15.0 Å². The lowest BCUT2D eigenvalue weighted by Gasteiger charge is -2.02. The van der Waals surface area contributed by atoms with Crippen molar-refractivity contribution in [3.05, 3.63) is 58.9 Å². The van der Waals surface area contributed by atoms with Crippen molar-refractivity contribution >= 4 is 27.9 Å². The molecule has 0 aromatic carbocycles. The molecule has 120 valence electrons. The number of rotatable bonds is 3. The Balaban J connectivity index is 1.71. The monoisotopic (exact) mass is 335 g/mol. The van der Waals surface area contributed by atoms with E-state index in [0.717, 1.165) is 39.2 Å². The van der Waals surface area contributed by atoms with E-state index in [1.54, 1.807) is 17.5 Å². The number of fused-ring (bicyclic) bond motifs is 1. The van der Waals surface area contributed by atoms with E-state index in [9.17, 15) is 0 Å². The van der Waals surface area contributed by atoms with Crippen molar-refractivity contribution < 1.29 is 0 Å². The number of pyridine rings is 2. The molecule has 5 nitrogen and oxygen atoms in total. The molecule has 24 heavy (non-hydrogen) atoms. The highest BCUT2D eigenvalue weighted by molar-refractivity contribution is 7.14. The van der Waals surface area contributed by atoms with E-state index in [1.165, 1.54) is 5.56 Å². The number of aryl methyl sites for hydroxylation is 3. The zero-order valence-corrected chi connectivity index (χ0v) is 14.6. The molecule has 6 heteroatoms. The summed E-state index contributed by atoms with van der Waals surface area (Å²) in [6, 6.07) is 8.14. The Hall–Kier alpha value is -2.73. The second kappa shape index (κ2) is 5.72. The zero-order chi connectivity index (χ0) is 16.7. The van der Waals surface area contributed by atoms with Gasteiger partial charge < -0.3 is 5.32 Å². The van der Waals surface area contributed by atoms with Gasteiger partial charge in [-0.15, -0.1) is 11.3 Å². The first-order valence-electron chi connectivity index (χ1n) is 7.71. The first-order valence-corrected chi connectivity index (χ1v) is 8.59. The quantitative estimate of drug-likeness (QED) is 0.598. The summed E-state index contributed by atoms with van der Waals surface area (Å²) in [5.41, 5.74) is 6.24. The molecule has 4 aromatic rings. The smallest absolute Gasteiger partial charge is 0.188 e. The Kier molecular flexibility index (Phi) is 3.54. The summed E-state index contributed by atoms with van der Waals surface area (Å²) >= 11 is 1.57. The molecule has 4 aromatic heterocycles. The largest absolute Gasteiger partial charge is 0.316 e. The predicted octanol–water partition coefficient (Wildman–Crippen LogP) is 4.52. The lowest BCUT2D eigenvalue weighted by molar-refractivity contribution is 1.16. The van der Waals surface area contributed by atoms with Crippen LogP contribution in [-0.2, 0) is 0 Å². The molecule has 0 unspecified atom stereocenters. The average molecular weight is 335 g/mol. The highest BCUT2D eigenvalue weighted by atomic mass is 32.1. The van der Waals surface area contributed by atoms with Gasteiger partial charge >= 0.3 is 0 Å². The predicted molar refractivity (Wildman–Crippen MR) is 98.0 cm³/mol. The maximum absolute atomic E-state index is 4.72. The van der Waals surface area contributed by atoms with Gasteiger partial charge in [0.25, 0.3) is 0 Å². The first kappa shape index (κ1) is 14.8. The highest BCUT2D eigenvalue weighted by Gasteiger charge is 2.14. The maximum Gasteiger partial charge on any atom is 0.188 e. The summed E-state index contributed by atoms with van der Waals surface area (Å²) in [5, 5.41) is 6.14. The van der Waals surface area contributed by atoms with Crippen molar-refractivity contribution in [2.45, 2.75) is 20.8 Å². The third-order valence-corrected chi connectivity index (χ3v) is 4.61. The van der Waals surface area contributed by atoms with Gasteiger partial charge in [0.05, 0.1) is 11.4 Å². The number of anilines is 2. The second-order valence-electron chi connectivity index (χ2n) is 5.86. The molecule has 0 radical (unpaired) electrons. The fourth-order valence-electron chi connectivity index (χ4n) is 2.73. The number of hydrogen-bond acceptors (Lipinski definition) is 5. The Morgan fingerprint density at radius 2 is 1.88 bits per heavy atom. The van der Waals surface area contributed by atoms with Crippen molar-refractivity contribution in [1.82, 2.24) is 19.4 Å². The Bertz CT molecular complexity index is 1030. The number of imidazole rings is 1. The molecule has 0 spiro atoms. The number of thiazole rings is 1. The van der Waals surface area contributed by atoms with Crippen molar-refractivity contribution in [3.63, 3.8) is 0 Å². The van der Waals surface area contributed by atoms with Gasteiger partial charge in [0, 0.05) is 17.8 Å². The molecule has 0 bridgehead atoms. The molecule has 0 aliphatic carbocycles. The van der Waals surface area contributed by atoms with Crippen LogP contribution in [0.25, 0.3) is 17.0 Å². The molecule has 0 atom stereocenters. The minimum atomic E-state index is 0.807. The molecule has 0 saturated carbocycles. The molecular formula is C18H17N5S. The Labute approximate surface area is 144 Å². The third kappa shape index (κ3) is 2.65. The average Bonchev–Trinajstić information content (AvgIpc) is 3.10. The van der Waals surface area contributed by atoms with Crippen molar-refractivity contribution in [1.29, 1.82) is 0 Å². The van der Waals surface area contributed by atoms with Crippen LogP contribution in [0.15, 0.2) is 42.0 Å². The van der Waals surface area contributed by atoms with E-state index in [2.05, 4.69) is 50.3 Å². The summed E-state index contributed by atoms with van der Waals surface area (Å²) in [6.07, 6.45) is 3.84. The van der Waals surface area contributed by atoms with Crippen LogP contribution in [0.2, 0.25) is 0 Å². The van der Waals surface area contributed by atoms with Crippen LogP contribution in [0, 0.1) is 20.8 Å². The van der Waals surface area contributed by atoms with Crippen molar-refractivity contribution in [3.8, 4) is 11.4 Å². The number of nitrogens with zero attached hydrogens (tertiary/aromatic N) is 4. The minimum absolute atomic E-state index is 0.807. The second-order valence-corrected chi connectivity index (χ2v) is 6.72. The van der Waals surface area contributed by atoms with E-state index in [4.69, 9.17) is 4.98 Å². The van der Waals surface area contributed by atoms with Crippen LogP contribution in [0.3, 0.4) is 0 Å². The van der Waals surface area contributed by atoms with Gasteiger partial charge in [-0.3, -0.25) is 4.40 Å². The van der Waals surface area contributed by atoms with Crippen molar-refractivity contribution in [2.24, 2.45) is 0 Å². The van der Waals surface area contributed by atoms with E-state index in [1.807, 2.05) is 26.0 Å². The van der Waals surface area contributed by atoms with E-state index < -0.39 is 0 Å². The van der Waals surface area contributed by atoms with Crippen LogP contribution in [0.4, 0.5) is 10.9 Å². The highest BCUT2D eigenvalue weighted by Crippen LogP contribution is 2.29. The molecule has 4 rings (SSSR count). The van der Waals surface area contributed by atoms with Gasteiger partial charge in [-0.1, -0.05) is 0 Å². The SMILES string of the molecule is Cc1ccnc(Nc2nc(-c3c(C)nc4cc(C)ccn34)cs2)c1.